The predicted molar refractivity (Wildman–Crippen MR) is 67.9 cm³/mol. The van der Waals surface area contributed by atoms with E-state index in [4.69, 9.17) is 0 Å². The summed E-state index contributed by atoms with van der Waals surface area (Å²) in [5.41, 5.74) is 3.36. The van der Waals surface area contributed by atoms with Gasteiger partial charge >= 0.3 is 0 Å². The van der Waals surface area contributed by atoms with E-state index in [9.17, 15) is 4.79 Å². The number of ketones is 1. The molecule has 1 aromatic carbocycles. The van der Waals surface area contributed by atoms with E-state index in [0.29, 0.717) is 11.2 Å². The monoisotopic (exact) mass is 278 g/mol. The average Bonchev–Trinajstić information content (AvgIpc) is 2.62. The fourth-order valence-corrected chi connectivity index (χ4v) is 4.15. The fraction of sp³-hybridized carbons (Fsp3) is 0.500. The zero-order chi connectivity index (χ0) is 11.2. The third-order valence-corrected chi connectivity index (χ3v) is 4.95. The lowest BCUT2D eigenvalue weighted by Crippen LogP contribution is -2.35. The summed E-state index contributed by atoms with van der Waals surface area (Å²) < 4.78 is 0. The molecule has 3 rings (SSSR count). The molecule has 2 aliphatic carbocycles. The second kappa shape index (κ2) is 3.69. The van der Waals surface area contributed by atoms with Crippen molar-refractivity contribution in [2.24, 2.45) is 5.41 Å². The van der Waals surface area contributed by atoms with Gasteiger partial charge in [-0.15, -0.1) is 0 Å². The van der Waals surface area contributed by atoms with Crippen LogP contribution in [0.15, 0.2) is 24.3 Å². The van der Waals surface area contributed by atoms with Gasteiger partial charge in [0.1, 0.15) is 5.78 Å². The largest absolute Gasteiger partial charge is 0.298 e. The molecule has 1 unspecified atom stereocenters. The number of hydrogen-bond donors (Lipinski definition) is 0. The maximum atomic E-state index is 11.6. The number of Topliss-reactive ketones (excluding diaryl/α,β-unsaturated/α-hetero) is 1. The molecule has 1 saturated carbocycles. The molecule has 1 fully saturated rings. The van der Waals surface area contributed by atoms with Gasteiger partial charge in [-0.2, -0.15) is 0 Å². The summed E-state index contributed by atoms with van der Waals surface area (Å²) in [7, 11) is 0. The molecule has 1 nitrogen and oxygen atoms in total. The fourth-order valence-electron chi connectivity index (χ4n) is 3.24. The number of carbonyl (C=O) groups excluding carboxylic acids is 1. The summed E-state index contributed by atoms with van der Waals surface area (Å²) in [6.45, 7) is 0. The van der Waals surface area contributed by atoms with Crippen molar-refractivity contribution in [1.82, 2.24) is 0 Å². The molecule has 1 atom stereocenters. The molecule has 0 N–H and O–H groups in total. The molecule has 0 heterocycles. The number of benzene rings is 1. The van der Waals surface area contributed by atoms with E-state index in [1.165, 1.54) is 24.0 Å². The van der Waals surface area contributed by atoms with E-state index in [1.807, 2.05) is 0 Å². The average molecular weight is 279 g/mol. The Morgan fingerprint density at radius 1 is 1.19 bits per heavy atom. The number of fused-ring (bicyclic) bond motifs is 1. The highest BCUT2D eigenvalue weighted by Gasteiger charge is 2.42. The molecule has 0 aromatic heterocycles. The Morgan fingerprint density at radius 2 is 1.81 bits per heavy atom. The van der Waals surface area contributed by atoms with Crippen LogP contribution >= 0.6 is 15.9 Å². The predicted octanol–water partition coefficient (Wildman–Crippen LogP) is 3.29. The first kappa shape index (κ1) is 10.5. The molecule has 16 heavy (non-hydrogen) atoms. The van der Waals surface area contributed by atoms with E-state index >= 15 is 0 Å². The van der Waals surface area contributed by atoms with E-state index < -0.39 is 0 Å². The standard InChI is InChI=1S/C14H15BrO/c15-12-9-14(6-5-13(12)16)7-10-3-1-2-4-11(10)8-14/h1-4,12H,5-9H2. The molecule has 0 saturated heterocycles. The third kappa shape index (κ3) is 1.64. The zero-order valence-electron chi connectivity index (χ0n) is 9.21. The Morgan fingerprint density at radius 3 is 2.38 bits per heavy atom. The quantitative estimate of drug-likeness (QED) is 0.666. The summed E-state index contributed by atoms with van der Waals surface area (Å²) in [5.74, 6) is 0.390. The second-order valence-electron chi connectivity index (χ2n) is 5.26. The van der Waals surface area contributed by atoms with Crippen LogP contribution in [0.3, 0.4) is 0 Å². The summed E-state index contributed by atoms with van der Waals surface area (Å²) in [6.07, 6.45) is 5.17. The Bertz CT molecular complexity index is 413. The number of carbonyl (C=O) groups is 1. The van der Waals surface area contributed by atoms with Gasteiger partial charge in [0.25, 0.3) is 0 Å². The lowest BCUT2D eigenvalue weighted by Gasteiger charge is -2.35. The van der Waals surface area contributed by atoms with Gasteiger partial charge in [-0.05, 0) is 42.2 Å². The topological polar surface area (TPSA) is 17.1 Å². The van der Waals surface area contributed by atoms with E-state index in [1.54, 1.807) is 0 Å². The number of hydrogen-bond acceptors (Lipinski definition) is 1. The molecule has 1 aromatic rings. The molecular weight excluding hydrogens is 264 g/mol. The maximum absolute atomic E-state index is 11.6. The highest BCUT2D eigenvalue weighted by molar-refractivity contribution is 9.10. The Hall–Kier alpha value is -0.630. The van der Waals surface area contributed by atoms with Gasteiger partial charge in [-0.3, -0.25) is 4.79 Å². The highest BCUT2D eigenvalue weighted by Crippen LogP contribution is 2.47. The van der Waals surface area contributed by atoms with Crippen LogP contribution in [0.25, 0.3) is 0 Å². The zero-order valence-corrected chi connectivity index (χ0v) is 10.8. The van der Waals surface area contributed by atoms with Gasteiger partial charge < -0.3 is 0 Å². The normalized spacial score (nSPS) is 27.1. The second-order valence-corrected chi connectivity index (χ2v) is 6.37. The number of alkyl halides is 1. The van der Waals surface area contributed by atoms with Crippen LogP contribution in [0.5, 0.6) is 0 Å². The molecule has 84 valence electrons. The third-order valence-electron chi connectivity index (χ3n) is 4.11. The van der Waals surface area contributed by atoms with Crippen molar-refractivity contribution in [2.75, 3.05) is 0 Å². The molecule has 2 aliphatic rings. The summed E-state index contributed by atoms with van der Waals surface area (Å²) in [4.78, 5) is 11.7. The van der Waals surface area contributed by atoms with Crippen molar-refractivity contribution in [3.8, 4) is 0 Å². The van der Waals surface area contributed by atoms with Crippen LogP contribution in [0.2, 0.25) is 0 Å². The first-order valence-electron chi connectivity index (χ1n) is 5.92. The lowest BCUT2D eigenvalue weighted by molar-refractivity contribution is -0.121. The Balaban J connectivity index is 1.87. The van der Waals surface area contributed by atoms with Crippen LogP contribution in [0.4, 0.5) is 0 Å². The van der Waals surface area contributed by atoms with Gasteiger partial charge in [0, 0.05) is 6.42 Å². The molecule has 0 aliphatic heterocycles. The van der Waals surface area contributed by atoms with Crippen LogP contribution in [0, 0.1) is 5.41 Å². The minimum Gasteiger partial charge on any atom is -0.298 e. The summed E-state index contributed by atoms with van der Waals surface area (Å²) in [6, 6.07) is 8.72. The molecule has 0 amide bonds. The van der Waals surface area contributed by atoms with Crippen LogP contribution in [-0.4, -0.2) is 10.6 Å². The minimum atomic E-state index is 0.0931. The van der Waals surface area contributed by atoms with Crippen molar-refractivity contribution < 1.29 is 4.79 Å². The van der Waals surface area contributed by atoms with Crippen molar-refractivity contribution in [3.05, 3.63) is 35.4 Å². The van der Waals surface area contributed by atoms with Crippen LogP contribution < -0.4 is 0 Å². The minimum absolute atomic E-state index is 0.0931. The lowest BCUT2D eigenvalue weighted by atomic mass is 9.71. The van der Waals surface area contributed by atoms with Crippen LogP contribution in [0.1, 0.15) is 30.4 Å². The number of halogens is 1. The van der Waals surface area contributed by atoms with Crippen molar-refractivity contribution in [2.45, 2.75) is 36.9 Å². The first-order chi connectivity index (χ1) is 7.69. The van der Waals surface area contributed by atoms with Crippen molar-refractivity contribution >= 4 is 21.7 Å². The number of rotatable bonds is 0. The van der Waals surface area contributed by atoms with E-state index in [2.05, 4.69) is 40.2 Å². The van der Waals surface area contributed by atoms with E-state index in [-0.39, 0.29) is 4.83 Å². The first-order valence-corrected chi connectivity index (χ1v) is 6.84. The Kier molecular flexibility index (Phi) is 2.43. The maximum Gasteiger partial charge on any atom is 0.146 e. The SMILES string of the molecule is O=C1CCC2(Cc3ccccc3C2)CC1Br. The summed E-state index contributed by atoms with van der Waals surface area (Å²) in [5, 5.41) is 0. The molecule has 1 spiro atoms. The van der Waals surface area contributed by atoms with Gasteiger partial charge in [0.05, 0.1) is 4.83 Å². The van der Waals surface area contributed by atoms with Gasteiger partial charge in [-0.25, -0.2) is 0 Å². The van der Waals surface area contributed by atoms with Crippen LogP contribution in [-0.2, 0) is 17.6 Å². The smallest absolute Gasteiger partial charge is 0.146 e. The molecular formula is C14H15BrO. The van der Waals surface area contributed by atoms with Crippen molar-refractivity contribution in [1.29, 1.82) is 0 Å². The highest BCUT2D eigenvalue weighted by atomic mass is 79.9. The van der Waals surface area contributed by atoms with Gasteiger partial charge in [0.15, 0.2) is 0 Å². The molecule has 0 radical (unpaired) electrons. The Labute approximate surface area is 104 Å². The van der Waals surface area contributed by atoms with Gasteiger partial charge in [0.2, 0.25) is 0 Å². The van der Waals surface area contributed by atoms with Crippen molar-refractivity contribution in [3.63, 3.8) is 0 Å². The van der Waals surface area contributed by atoms with E-state index in [0.717, 1.165) is 19.3 Å². The summed E-state index contributed by atoms with van der Waals surface area (Å²) >= 11 is 3.53. The van der Waals surface area contributed by atoms with Gasteiger partial charge in [-0.1, -0.05) is 40.2 Å². The molecule has 2 heteroatoms. The molecule has 0 bridgehead atoms.